The van der Waals surface area contributed by atoms with E-state index in [0.29, 0.717) is 19.4 Å². The number of hydrogen-bond acceptors (Lipinski definition) is 9. The van der Waals surface area contributed by atoms with Gasteiger partial charge in [-0.15, -0.1) is 0 Å². The Kier molecular flexibility index (Phi) is 37.5. The molecule has 0 aromatic carbocycles. The third-order valence-electron chi connectivity index (χ3n) is 10.5. The summed E-state index contributed by atoms with van der Waals surface area (Å²) in [4.78, 5) is 12.8. The fraction of sp³-hybridized carbons (Fsp3) is 0.776. The van der Waals surface area contributed by atoms with Crippen molar-refractivity contribution in [1.82, 2.24) is 0 Å². The second-order valence-corrected chi connectivity index (χ2v) is 15.8. The van der Waals surface area contributed by atoms with Gasteiger partial charge in [0, 0.05) is 6.42 Å². The summed E-state index contributed by atoms with van der Waals surface area (Å²) in [6.45, 7) is 4.24. The van der Waals surface area contributed by atoms with Crippen LogP contribution in [0.25, 0.3) is 0 Å². The molecule has 6 unspecified atom stereocenters. The molecule has 0 amide bonds. The Morgan fingerprint density at radius 1 is 0.569 bits per heavy atom. The van der Waals surface area contributed by atoms with Crippen LogP contribution in [0.5, 0.6) is 0 Å². The molecule has 0 saturated carbocycles. The molecular formula is C49H86O9. The van der Waals surface area contributed by atoms with Gasteiger partial charge >= 0.3 is 5.97 Å². The summed E-state index contributed by atoms with van der Waals surface area (Å²) < 4.78 is 22.7. The number of allylic oxidation sites excluding steroid dienone is 9. The summed E-state index contributed by atoms with van der Waals surface area (Å²) in [5, 5.41) is 40.1. The average Bonchev–Trinajstić information content (AvgIpc) is 3.22. The summed E-state index contributed by atoms with van der Waals surface area (Å²) in [6.07, 6.45) is 44.1. The first-order valence-electron chi connectivity index (χ1n) is 23.4. The Morgan fingerprint density at radius 3 is 1.48 bits per heavy atom. The van der Waals surface area contributed by atoms with Crippen LogP contribution in [0, 0.1) is 0 Å². The van der Waals surface area contributed by atoms with Crippen LogP contribution in [0.2, 0.25) is 0 Å². The fourth-order valence-corrected chi connectivity index (χ4v) is 6.85. The van der Waals surface area contributed by atoms with Gasteiger partial charge < -0.3 is 39.4 Å². The number of hydrogen-bond donors (Lipinski definition) is 4. The van der Waals surface area contributed by atoms with Crippen molar-refractivity contribution in [2.45, 2.75) is 218 Å². The molecular weight excluding hydrogens is 733 g/mol. The van der Waals surface area contributed by atoms with Crippen LogP contribution in [-0.2, 0) is 23.7 Å². The van der Waals surface area contributed by atoms with E-state index in [1.807, 2.05) is 0 Å². The minimum absolute atomic E-state index is 0.0903. The lowest BCUT2D eigenvalue weighted by Crippen LogP contribution is -2.59. The van der Waals surface area contributed by atoms with Gasteiger partial charge in [0.05, 0.1) is 26.4 Å². The first-order chi connectivity index (χ1) is 28.4. The molecule has 336 valence electrons. The zero-order valence-electron chi connectivity index (χ0n) is 36.8. The summed E-state index contributed by atoms with van der Waals surface area (Å²) in [7, 11) is 0. The Hall–Kier alpha value is -2.11. The van der Waals surface area contributed by atoms with Gasteiger partial charge in [-0.3, -0.25) is 4.79 Å². The van der Waals surface area contributed by atoms with Gasteiger partial charge in [-0.05, 0) is 44.9 Å². The highest BCUT2D eigenvalue weighted by molar-refractivity contribution is 5.69. The van der Waals surface area contributed by atoms with E-state index < -0.39 is 43.4 Å². The third-order valence-corrected chi connectivity index (χ3v) is 10.5. The lowest BCUT2D eigenvalue weighted by atomic mass is 9.99. The van der Waals surface area contributed by atoms with Crippen molar-refractivity contribution in [2.75, 3.05) is 26.4 Å². The first kappa shape index (κ1) is 53.9. The van der Waals surface area contributed by atoms with Crippen molar-refractivity contribution in [2.24, 2.45) is 0 Å². The van der Waals surface area contributed by atoms with E-state index in [0.717, 1.165) is 51.4 Å². The van der Waals surface area contributed by atoms with Crippen LogP contribution in [0.15, 0.2) is 60.8 Å². The molecule has 0 aromatic rings. The van der Waals surface area contributed by atoms with Crippen LogP contribution < -0.4 is 0 Å². The zero-order valence-corrected chi connectivity index (χ0v) is 36.8. The topological polar surface area (TPSA) is 135 Å². The second-order valence-electron chi connectivity index (χ2n) is 15.8. The highest BCUT2D eigenvalue weighted by atomic mass is 16.7. The molecule has 1 fully saturated rings. The fourth-order valence-electron chi connectivity index (χ4n) is 6.85. The quantitative estimate of drug-likeness (QED) is 0.0272. The number of ether oxygens (including phenoxy) is 4. The van der Waals surface area contributed by atoms with Gasteiger partial charge in [0.15, 0.2) is 6.29 Å². The van der Waals surface area contributed by atoms with Crippen LogP contribution in [0.3, 0.4) is 0 Å². The van der Waals surface area contributed by atoms with Crippen molar-refractivity contribution in [3.63, 3.8) is 0 Å². The van der Waals surface area contributed by atoms with E-state index >= 15 is 0 Å². The molecule has 0 spiro atoms. The molecule has 9 nitrogen and oxygen atoms in total. The monoisotopic (exact) mass is 819 g/mol. The number of aliphatic hydroxyl groups is 4. The molecule has 1 saturated heterocycles. The summed E-state index contributed by atoms with van der Waals surface area (Å²) in [5.41, 5.74) is 0. The van der Waals surface area contributed by atoms with Gasteiger partial charge in [0.2, 0.25) is 0 Å². The Labute approximate surface area is 354 Å². The smallest absolute Gasteiger partial charge is 0.306 e. The van der Waals surface area contributed by atoms with Crippen LogP contribution in [-0.4, -0.2) is 89.6 Å². The summed E-state index contributed by atoms with van der Waals surface area (Å²) in [5.74, 6) is -0.337. The van der Waals surface area contributed by atoms with Gasteiger partial charge in [0.1, 0.15) is 30.5 Å². The third kappa shape index (κ3) is 30.9. The van der Waals surface area contributed by atoms with E-state index in [1.165, 1.54) is 103 Å². The zero-order chi connectivity index (χ0) is 42.2. The van der Waals surface area contributed by atoms with Gasteiger partial charge in [-0.1, -0.05) is 190 Å². The molecule has 0 aliphatic carbocycles. The molecule has 58 heavy (non-hydrogen) atoms. The minimum Gasteiger partial charge on any atom is -0.457 e. The molecule has 0 radical (unpaired) electrons. The highest BCUT2D eigenvalue weighted by Gasteiger charge is 2.44. The van der Waals surface area contributed by atoms with Gasteiger partial charge in [-0.2, -0.15) is 0 Å². The molecule has 9 heteroatoms. The summed E-state index contributed by atoms with van der Waals surface area (Å²) in [6, 6.07) is 0. The largest absolute Gasteiger partial charge is 0.457 e. The molecule has 1 rings (SSSR count). The van der Waals surface area contributed by atoms with E-state index in [-0.39, 0.29) is 19.2 Å². The van der Waals surface area contributed by atoms with Crippen molar-refractivity contribution in [3.05, 3.63) is 60.8 Å². The number of unbranched alkanes of at least 4 members (excludes halogenated alkanes) is 18. The number of aliphatic hydroxyl groups excluding tert-OH is 4. The van der Waals surface area contributed by atoms with Gasteiger partial charge in [0.25, 0.3) is 0 Å². The standard InChI is InChI=1S/C49H86O9/c1-3-5-7-9-11-13-15-17-19-21-22-23-24-26-28-30-32-34-36-38-45(51)57-43(42-56-49-48(54)47(53)46(52)44(40-50)58-49)41-55-39-37-35-33-31-29-27-25-20-18-16-14-12-10-8-6-4-2/h6,8,12,14,18,20,27,29,33,35,43-44,46-50,52-54H,3-5,7,9-11,13,15-17,19,21-26,28,30-32,34,36-42H2,1-2H3/b8-6-,14-12-,20-18-,29-27-,35-33-. The number of carbonyl (C=O) groups is 1. The van der Waals surface area contributed by atoms with E-state index in [2.05, 4.69) is 74.6 Å². The van der Waals surface area contributed by atoms with E-state index in [9.17, 15) is 25.2 Å². The lowest BCUT2D eigenvalue weighted by Gasteiger charge is -2.39. The number of carbonyl (C=O) groups excluding carboxylic acids is 1. The molecule has 1 heterocycles. The maximum Gasteiger partial charge on any atom is 0.306 e. The molecule has 1 aliphatic rings. The predicted octanol–water partition coefficient (Wildman–Crippen LogP) is 10.7. The van der Waals surface area contributed by atoms with Crippen LogP contribution >= 0.6 is 0 Å². The maximum absolute atomic E-state index is 12.8. The summed E-state index contributed by atoms with van der Waals surface area (Å²) >= 11 is 0. The SMILES string of the molecule is CC/C=C\C/C=C\C/C=C\C/C=C\C/C=C\CCOCC(COC1OC(CO)C(O)C(O)C1O)OC(=O)CCCCCCCCCCCCCCCCCCCCC. The maximum atomic E-state index is 12.8. The van der Waals surface area contributed by atoms with Crippen molar-refractivity contribution in [3.8, 4) is 0 Å². The first-order valence-corrected chi connectivity index (χ1v) is 23.4. The Balaban J connectivity index is 2.29. The van der Waals surface area contributed by atoms with E-state index in [1.54, 1.807) is 0 Å². The Morgan fingerprint density at radius 2 is 1.02 bits per heavy atom. The molecule has 0 aromatic heterocycles. The molecule has 1 aliphatic heterocycles. The molecule has 4 N–H and O–H groups in total. The van der Waals surface area contributed by atoms with Crippen molar-refractivity contribution < 1.29 is 44.2 Å². The van der Waals surface area contributed by atoms with Crippen LogP contribution in [0.4, 0.5) is 0 Å². The van der Waals surface area contributed by atoms with Crippen LogP contribution in [0.1, 0.15) is 181 Å². The minimum atomic E-state index is -1.55. The average molecular weight is 819 g/mol. The number of esters is 1. The molecule has 6 atom stereocenters. The molecule has 0 bridgehead atoms. The lowest BCUT2D eigenvalue weighted by molar-refractivity contribution is -0.305. The van der Waals surface area contributed by atoms with Crippen molar-refractivity contribution in [1.29, 1.82) is 0 Å². The van der Waals surface area contributed by atoms with Gasteiger partial charge in [-0.25, -0.2) is 0 Å². The predicted molar refractivity (Wildman–Crippen MR) is 238 cm³/mol. The highest BCUT2D eigenvalue weighted by Crippen LogP contribution is 2.22. The number of rotatable bonds is 39. The Bertz CT molecular complexity index is 1070. The van der Waals surface area contributed by atoms with E-state index in [4.69, 9.17) is 18.9 Å². The van der Waals surface area contributed by atoms with Crippen molar-refractivity contribution >= 4 is 5.97 Å². The normalized spacial score (nSPS) is 20.8. The second kappa shape index (κ2) is 40.3.